The van der Waals surface area contributed by atoms with Crippen molar-refractivity contribution in [3.63, 3.8) is 0 Å². The first-order valence-corrected chi connectivity index (χ1v) is 11.9. The van der Waals surface area contributed by atoms with Crippen LogP contribution in [0.4, 0.5) is 27.6 Å². The fourth-order valence-corrected chi connectivity index (χ4v) is 5.59. The van der Waals surface area contributed by atoms with E-state index in [9.17, 15) is 31.5 Å². The van der Waals surface area contributed by atoms with Gasteiger partial charge in [0.1, 0.15) is 11.4 Å². The van der Waals surface area contributed by atoms with Gasteiger partial charge in [-0.25, -0.2) is 22.0 Å². The molecule has 2 aliphatic carbocycles. The summed E-state index contributed by atoms with van der Waals surface area (Å²) >= 11 is 0. The minimum atomic E-state index is -3.01. The van der Waals surface area contributed by atoms with E-state index in [1.165, 1.54) is 18.2 Å². The molecule has 36 heavy (non-hydrogen) atoms. The molecule has 0 spiro atoms. The van der Waals surface area contributed by atoms with E-state index in [-0.39, 0.29) is 42.2 Å². The third-order valence-corrected chi connectivity index (χ3v) is 7.77. The van der Waals surface area contributed by atoms with Crippen molar-refractivity contribution in [2.75, 3.05) is 25.5 Å². The summed E-state index contributed by atoms with van der Waals surface area (Å²) in [5.74, 6) is -1.18. The molecule has 3 atom stereocenters. The number of hydrogen-bond acceptors (Lipinski definition) is 4. The number of hydrogen-bond donors (Lipinski definition) is 2. The van der Waals surface area contributed by atoms with E-state index in [0.29, 0.717) is 11.8 Å². The smallest absolute Gasteiger partial charge is 0.266 e. The van der Waals surface area contributed by atoms with Gasteiger partial charge >= 0.3 is 0 Å². The Hall–Kier alpha value is -2.95. The fourth-order valence-electron chi connectivity index (χ4n) is 5.59. The third-order valence-electron chi connectivity index (χ3n) is 7.77. The summed E-state index contributed by atoms with van der Waals surface area (Å²) in [5.41, 5.74) is -2.98. The molecule has 2 aromatic rings. The molecular formula is C25H27F5N4O2. The number of carbonyl (C=O) groups is 1. The highest BCUT2D eigenvalue weighted by atomic mass is 19.3. The van der Waals surface area contributed by atoms with Gasteiger partial charge in [-0.3, -0.25) is 9.59 Å². The van der Waals surface area contributed by atoms with E-state index >= 15 is 0 Å². The van der Waals surface area contributed by atoms with E-state index in [4.69, 9.17) is 0 Å². The van der Waals surface area contributed by atoms with Crippen LogP contribution in [-0.4, -0.2) is 48.0 Å². The monoisotopic (exact) mass is 510 g/mol. The van der Waals surface area contributed by atoms with E-state index in [1.54, 1.807) is 0 Å². The van der Waals surface area contributed by atoms with Gasteiger partial charge in [0.25, 0.3) is 24.3 Å². The molecule has 194 valence electrons. The van der Waals surface area contributed by atoms with Gasteiger partial charge in [0, 0.05) is 43.5 Å². The summed E-state index contributed by atoms with van der Waals surface area (Å²) < 4.78 is 69.0. The van der Waals surface area contributed by atoms with Crippen molar-refractivity contribution >= 4 is 11.6 Å². The Morgan fingerprint density at radius 3 is 2.47 bits per heavy atom. The molecule has 2 bridgehead atoms. The SMILES string of the molecule is CN1CC2C[C@H](C1)C2Nc1cc(=O)n(C2(C(F)F)CC2)cc1C(=O)NCc1cccc(C(F)F)c1F. The van der Waals surface area contributed by atoms with Crippen molar-refractivity contribution in [2.45, 2.75) is 50.2 Å². The van der Waals surface area contributed by atoms with Gasteiger partial charge in [0.05, 0.1) is 16.8 Å². The molecule has 11 heteroatoms. The number of piperidine rings is 2. The van der Waals surface area contributed by atoms with Gasteiger partial charge in [-0.1, -0.05) is 18.2 Å². The molecule has 1 aromatic carbocycles. The minimum Gasteiger partial charge on any atom is -0.381 e. The van der Waals surface area contributed by atoms with Crippen molar-refractivity contribution < 1.29 is 26.7 Å². The number of pyridine rings is 1. The summed E-state index contributed by atoms with van der Waals surface area (Å²) in [6.07, 6.45) is -3.39. The Morgan fingerprint density at radius 2 is 1.86 bits per heavy atom. The number of halogens is 5. The molecule has 1 amide bonds. The number of benzene rings is 1. The van der Waals surface area contributed by atoms with Crippen LogP contribution >= 0.6 is 0 Å². The number of nitrogens with one attached hydrogen (secondary N) is 2. The van der Waals surface area contributed by atoms with Gasteiger partial charge in [-0.15, -0.1) is 0 Å². The maximum Gasteiger partial charge on any atom is 0.266 e. The molecule has 0 radical (unpaired) electrons. The number of anilines is 1. The van der Waals surface area contributed by atoms with Crippen LogP contribution in [0.15, 0.2) is 35.3 Å². The second kappa shape index (κ2) is 9.17. The quantitative estimate of drug-likeness (QED) is 0.528. The number of amides is 1. The largest absolute Gasteiger partial charge is 0.381 e. The molecule has 2 unspecified atom stereocenters. The topological polar surface area (TPSA) is 66.4 Å². The summed E-state index contributed by atoms with van der Waals surface area (Å²) in [6.45, 7) is 1.34. The summed E-state index contributed by atoms with van der Waals surface area (Å²) in [6, 6.07) is 4.73. The lowest BCUT2D eigenvalue weighted by atomic mass is 9.66. The lowest BCUT2D eigenvalue weighted by Gasteiger charge is -2.53. The minimum absolute atomic E-state index is 0.0229. The number of rotatable bonds is 8. The van der Waals surface area contributed by atoms with Gasteiger partial charge < -0.3 is 20.1 Å². The van der Waals surface area contributed by atoms with Gasteiger partial charge in [-0.05, 0) is 38.1 Å². The van der Waals surface area contributed by atoms with Gasteiger partial charge in [0.2, 0.25) is 0 Å². The second-order valence-electron chi connectivity index (χ2n) is 10.2. The Morgan fingerprint density at radius 1 is 1.17 bits per heavy atom. The van der Waals surface area contributed by atoms with Crippen molar-refractivity contribution in [1.82, 2.24) is 14.8 Å². The van der Waals surface area contributed by atoms with Crippen LogP contribution in [0.3, 0.4) is 0 Å². The molecule has 4 fully saturated rings. The Balaban J connectivity index is 1.44. The first-order valence-electron chi connectivity index (χ1n) is 11.9. The van der Waals surface area contributed by atoms with E-state index in [0.717, 1.165) is 36.3 Å². The van der Waals surface area contributed by atoms with Crippen LogP contribution in [0.25, 0.3) is 0 Å². The van der Waals surface area contributed by atoms with Gasteiger partial charge in [0.15, 0.2) is 0 Å². The Labute approximate surface area is 204 Å². The van der Waals surface area contributed by atoms with Crippen molar-refractivity contribution in [3.05, 3.63) is 63.3 Å². The molecule has 2 saturated heterocycles. The summed E-state index contributed by atoms with van der Waals surface area (Å²) in [4.78, 5) is 28.3. The number of carbonyl (C=O) groups excluding carboxylic acids is 1. The molecule has 6 rings (SSSR count). The molecule has 2 aliphatic heterocycles. The molecule has 2 N–H and O–H groups in total. The highest BCUT2D eigenvalue weighted by molar-refractivity contribution is 5.99. The molecule has 3 heterocycles. The Kier molecular flexibility index (Phi) is 6.30. The molecule has 6 nitrogen and oxygen atoms in total. The standard InChI is InChI=1S/C25H27F5N4O2/c1-33-10-14-7-15(11-33)21(14)32-18-8-19(35)34(25(5-6-25)24(29)30)12-17(18)23(36)31-9-13-3-2-4-16(20(13)26)22(27)28/h2-4,8,12,14-15,21-22,24,32H,5-7,9-11H2,1H3,(H,31,36)/t14-,15?,21?/m1/s1. The lowest BCUT2D eigenvalue weighted by Crippen LogP contribution is -2.60. The van der Waals surface area contributed by atoms with Crippen LogP contribution in [0.5, 0.6) is 0 Å². The number of fused-ring (bicyclic) bond motifs is 2. The number of alkyl halides is 4. The maximum absolute atomic E-state index is 14.4. The highest BCUT2D eigenvalue weighted by Gasteiger charge is 2.54. The highest BCUT2D eigenvalue weighted by Crippen LogP contribution is 2.48. The average Bonchev–Trinajstić information content (AvgIpc) is 3.63. The van der Waals surface area contributed by atoms with Crippen LogP contribution in [-0.2, 0) is 12.1 Å². The zero-order valence-electron chi connectivity index (χ0n) is 19.6. The van der Waals surface area contributed by atoms with Crippen molar-refractivity contribution in [2.24, 2.45) is 11.8 Å². The molecular weight excluding hydrogens is 483 g/mol. The van der Waals surface area contributed by atoms with E-state index < -0.39 is 41.2 Å². The Bertz CT molecular complexity index is 1220. The predicted molar refractivity (Wildman–Crippen MR) is 123 cm³/mol. The van der Waals surface area contributed by atoms with E-state index in [2.05, 4.69) is 15.5 Å². The number of aromatic nitrogens is 1. The first kappa shape index (κ1) is 24.7. The van der Waals surface area contributed by atoms with Crippen LogP contribution < -0.4 is 16.2 Å². The van der Waals surface area contributed by atoms with Gasteiger partial charge in [-0.2, -0.15) is 0 Å². The van der Waals surface area contributed by atoms with Crippen molar-refractivity contribution in [1.29, 1.82) is 0 Å². The average molecular weight is 511 g/mol. The predicted octanol–water partition coefficient (Wildman–Crippen LogP) is 3.97. The third kappa shape index (κ3) is 4.27. The molecule has 1 aromatic heterocycles. The zero-order chi connectivity index (χ0) is 25.8. The molecule has 2 saturated carbocycles. The van der Waals surface area contributed by atoms with Crippen LogP contribution in [0.2, 0.25) is 0 Å². The lowest BCUT2D eigenvalue weighted by molar-refractivity contribution is 0.0269. The van der Waals surface area contributed by atoms with E-state index in [1.807, 2.05) is 7.05 Å². The number of nitrogens with zero attached hydrogens (tertiary/aromatic N) is 2. The summed E-state index contributed by atoms with van der Waals surface area (Å²) in [7, 11) is 2.02. The first-order chi connectivity index (χ1) is 17.1. The van der Waals surface area contributed by atoms with Crippen LogP contribution in [0, 0.1) is 17.7 Å². The normalized spacial score (nSPS) is 24.5. The zero-order valence-corrected chi connectivity index (χ0v) is 19.6. The van der Waals surface area contributed by atoms with Crippen molar-refractivity contribution in [3.8, 4) is 0 Å². The van der Waals surface area contributed by atoms with Crippen LogP contribution in [0.1, 0.15) is 47.2 Å². The second-order valence-corrected chi connectivity index (χ2v) is 10.2. The molecule has 4 aliphatic rings. The summed E-state index contributed by atoms with van der Waals surface area (Å²) in [5, 5.41) is 5.79. The maximum atomic E-state index is 14.4. The fraction of sp³-hybridized carbons (Fsp3) is 0.520.